The highest BCUT2D eigenvalue weighted by Crippen LogP contribution is 2.10. The Morgan fingerprint density at radius 3 is 2.67 bits per heavy atom. The van der Waals surface area contributed by atoms with E-state index in [-0.39, 0.29) is 5.56 Å². The highest BCUT2D eigenvalue weighted by Gasteiger charge is 2.11. The maximum Gasteiger partial charge on any atom is 0.339 e. The van der Waals surface area contributed by atoms with Crippen LogP contribution in [0.4, 0.5) is 0 Å². The van der Waals surface area contributed by atoms with Crippen LogP contribution in [0.1, 0.15) is 21.6 Å². The SMILES string of the molecule is Cc1c(C(=O)O)cnc(=S)n1Cc1ccccc1. The molecular formula is C13H12N2O2S. The average molecular weight is 260 g/mol. The molecule has 0 saturated heterocycles. The molecule has 0 fully saturated rings. The minimum absolute atomic E-state index is 0.180. The van der Waals surface area contributed by atoms with Crippen molar-refractivity contribution in [2.45, 2.75) is 13.5 Å². The van der Waals surface area contributed by atoms with Gasteiger partial charge in [0.25, 0.3) is 0 Å². The Bertz CT molecular complexity index is 635. The zero-order valence-electron chi connectivity index (χ0n) is 9.83. The topological polar surface area (TPSA) is 55.1 Å². The van der Waals surface area contributed by atoms with E-state index in [9.17, 15) is 4.79 Å². The summed E-state index contributed by atoms with van der Waals surface area (Å²) in [5, 5.41) is 9.06. The fourth-order valence-corrected chi connectivity index (χ4v) is 1.99. The van der Waals surface area contributed by atoms with Gasteiger partial charge in [0.05, 0.1) is 12.1 Å². The van der Waals surface area contributed by atoms with Gasteiger partial charge < -0.3 is 9.67 Å². The van der Waals surface area contributed by atoms with Crippen molar-refractivity contribution in [3.63, 3.8) is 0 Å². The summed E-state index contributed by atoms with van der Waals surface area (Å²) in [7, 11) is 0. The Morgan fingerprint density at radius 2 is 2.06 bits per heavy atom. The third-order valence-electron chi connectivity index (χ3n) is 2.74. The van der Waals surface area contributed by atoms with Crippen LogP contribution in [0.5, 0.6) is 0 Å². The van der Waals surface area contributed by atoms with E-state index in [2.05, 4.69) is 4.98 Å². The molecule has 0 aliphatic carbocycles. The lowest BCUT2D eigenvalue weighted by molar-refractivity contribution is 0.0694. The molecule has 0 atom stereocenters. The third-order valence-corrected chi connectivity index (χ3v) is 3.07. The number of aromatic nitrogens is 2. The van der Waals surface area contributed by atoms with Crippen LogP contribution in [0.2, 0.25) is 0 Å². The van der Waals surface area contributed by atoms with Crippen molar-refractivity contribution < 1.29 is 9.90 Å². The maximum absolute atomic E-state index is 11.1. The first-order valence-electron chi connectivity index (χ1n) is 5.43. The van der Waals surface area contributed by atoms with Crippen LogP contribution in [0.15, 0.2) is 36.5 Å². The van der Waals surface area contributed by atoms with Crippen LogP contribution in [-0.4, -0.2) is 20.6 Å². The van der Waals surface area contributed by atoms with Crippen molar-refractivity contribution in [2.75, 3.05) is 0 Å². The van der Waals surface area contributed by atoms with Crippen molar-refractivity contribution in [3.8, 4) is 0 Å². The molecule has 1 N–H and O–H groups in total. The van der Waals surface area contributed by atoms with Gasteiger partial charge in [-0.3, -0.25) is 0 Å². The summed E-state index contributed by atoms with van der Waals surface area (Å²) in [5.41, 5.74) is 1.85. The Hall–Kier alpha value is -2.01. The molecule has 0 unspecified atom stereocenters. The summed E-state index contributed by atoms with van der Waals surface area (Å²) in [5.74, 6) is -0.989. The van der Waals surface area contributed by atoms with Gasteiger partial charge in [0.1, 0.15) is 0 Å². The number of aromatic carboxylic acids is 1. The number of carboxylic acids is 1. The highest BCUT2D eigenvalue weighted by molar-refractivity contribution is 7.71. The number of carboxylic acid groups (broad SMARTS) is 1. The second-order valence-electron chi connectivity index (χ2n) is 3.92. The molecule has 2 rings (SSSR count). The number of carbonyl (C=O) groups is 1. The zero-order valence-corrected chi connectivity index (χ0v) is 10.6. The van der Waals surface area contributed by atoms with Crippen molar-refractivity contribution in [3.05, 3.63) is 58.1 Å². The molecule has 0 saturated carbocycles. The minimum Gasteiger partial charge on any atom is -0.478 e. The van der Waals surface area contributed by atoms with Gasteiger partial charge in [0.15, 0.2) is 4.77 Å². The van der Waals surface area contributed by atoms with Crippen LogP contribution in [-0.2, 0) is 6.54 Å². The number of benzene rings is 1. The molecule has 0 aliphatic heterocycles. The highest BCUT2D eigenvalue weighted by atomic mass is 32.1. The van der Waals surface area contributed by atoms with E-state index < -0.39 is 5.97 Å². The molecule has 1 aromatic carbocycles. The summed E-state index contributed by atoms with van der Waals surface area (Å²) < 4.78 is 2.12. The smallest absolute Gasteiger partial charge is 0.339 e. The predicted octanol–water partition coefficient (Wildman–Crippen LogP) is 2.67. The predicted molar refractivity (Wildman–Crippen MR) is 70.3 cm³/mol. The molecule has 1 heterocycles. The lowest BCUT2D eigenvalue weighted by atomic mass is 10.2. The lowest BCUT2D eigenvalue weighted by Gasteiger charge is -2.12. The van der Waals surface area contributed by atoms with Crippen molar-refractivity contribution >= 4 is 18.2 Å². The quantitative estimate of drug-likeness (QED) is 0.862. The molecule has 0 amide bonds. The number of rotatable bonds is 3. The molecule has 0 spiro atoms. The van der Waals surface area contributed by atoms with Crippen molar-refractivity contribution in [2.24, 2.45) is 0 Å². The monoisotopic (exact) mass is 260 g/mol. The standard InChI is InChI=1S/C13H12N2O2S/c1-9-11(12(16)17)7-14-13(18)15(9)8-10-5-3-2-4-6-10/h2-7H,8H2,1H3,(H,16,17). The van der Waals surface area contributed by atoms with Gasteiger partial charge in [-0.2, -0.15) is 0 Å². The van der Waals surface area contributed by atoms with E-state index in [0.29, 0.717) is 17.0 Å². The maximum atomic E-state index is 11.1. The van der Waals surface area contributed by atoms with E-state index in [1.165, 1.54) is 6.20 Å². The van der Waals surface area contributed by atoms with Gasteiger partial charge in [0.2, 0.25) is 0 Å². The molecule has 0 radical (unpaired) electrons. The second kappa shape index (κ2) is 5.10. The molecule has 5 heteroatoms. The largest absolute Gasteiger partial charge is 0.478 e. The number of nitrogens with zero attached hydrogens (tertiary/aromatic N) is 2. The van der Waals surface area contributed by atoms with Crippen molar-refractivity contribution in [1.29, 1.82) is 0 Å². The van der Waals surface area contributed by atoms with Crippen molar-refractivity contribution in [1.82, 2.24) is 9.55 Å². The molecule has 2 aromatic rings. The number of hydrogen-bond acceptors (Lipinski definition) is 3. The first-order chi connectivity index (χ1) is 8.59. The van der Waals surface area contributed by atoms with E-state index in [0.717, 1.165) is 5.56 Å². The fourth-order valence-electron chi connectivity index (χ4n) is 1.73. The Kier molecular flexibility index (Phi) is 3.53. The first-order valence-corrected chi connectivity index (χ1v) is 5.84. The number of hydrogen-bond donors (Lipinski definition) is 1. The first kappa shape index (κ1) is 12.4. The molecule has 0 bridgehead atoms. The average Bonchev–Trinajstić information content (AvgIpc) is 2.35. The van der Waals surface area contributed by atoms with Crippen LogP contribution in [0.3, 0.4) is 0 Å². The van der Waals surface area contributed by atoms with E-state index in [1.54, 1.807) is 11.5 Å². The molecule has 0 aliphatic rings. The van der Waals surface area contributed by atoms with Gasteiger partial charge in [-0.05, 0) is 24.7 Å². The lowest BCUT2D eigenvalue weighted by Crippen LogP contribution is -2.13. The van der Waals surface area contributed by atoms with Crippen LogP contribution >= 0.6 is 12.2 Å². The van der Waals surface area contributed by atoms with Gasteiger partial charge in [-0.25, -0.2) is 9.78 Å². The summed E-state index contributed by atoms with van der Waals surface area (Å²) in [6.07, 6.45) is 1.31. The molecule has 92 valence electrons. The van der Waals surface area contributed by atoms with Gasteiger partial charge in [0, 0.05) is 11.9 Å². The summed E-state index contributed by atoms with van der Waals surface area (Å²) >= 11 is 5.14. The van der Waals surface area contributed by atoms with E-state index in [1.807, 2.05) is 30.3 Å². The summed E-state index contributed by atoms with van der Waals surface area (Å²) in [4.78, 5) is 15.0. The van der Waals surface area contributed by atoms with Crippen LogP contribution in [0, 0.1) is 11.7 Å². The van der Waals surface area contributed by atoms with Gasteiger partial charge in [-0.1, -0.05) is 30.3 Å². The van der Waals surface area contributed by atoms with E-state index in [4.69, 9.17) is 17.3 Å². The minimum atomic E-state index is -0.989. The van der Waals surface area contributed by atoms with Gasteiger partial charge >= 0.3 is 5.97 Å². The second-order valence-corrected chi connectivity index (χ2v) is 4.28. The van der Waals surface area contributed by atoms with Crippen LogP contribution in [0.25, 0.3) is 0 Å². The zero-order chi connectivity index (χ0) is 13.1. The summed E-state index contributed by atoms with van der Waals surface area (Å²) in [6, 6.07) is 9.73. The van der Waals surface area contributed by atoms with E-state index >= 15 is 0 Å². The summed E-state index contributed by atoms with van der Waals surface area (Å²) in [6.45, 7) is 2.27. The fraction of sp³-hybridized carbons (Fsp3) is 0.154. The molecule has 4 nitrogen and oxygen atoms in total. The Morgan fingerprint density at radius 1 is 1.39 bits per heavy atom. The van der Waals surface area contributed by atoms with Gasteiger partial charge in [-0.15, -0.1) is 0 Å². The Labute approximate surface area is 110 Å². The van der Waals surface area contributed by atoms with Crippen LogP contribution < -0.4 is 0 Å². The Balaban J connectivity index is 2.48. The molecule has 1 aromatic heterocycles. The molecule has 18 heavy (non-hydrogen) atoms. The molecular weight excluding hydrogens is 248 g/mol. The third kappa shape index (κ3) is 2.46. The normalized spacial score (nSPS) is 10.3.